The molecule has 0 aliphatic carbocycles. The van der Waals surface area contributed by atoms with Crippen LogP contribution >= 0.6 is 0 Å². The molecular weight excluding hydrogens is 508 g/mol. The Morgan fingerprint density at radius 1 is 0.816 bits per heavy atom. The minimum Gasteiger partial charge on any atom is -0.466 e. The van der Waals surface area contributed by atoms with E-state index in [1.54, 1.807) is 0 Å². The Bertz CT molecular complexity index is 840. The highest BCUT2D eigenvalue weighted by Gasteiger charge is 2.35. The van der Waals surface area contributed by atoms with E-state index in [0.717, 1.165) is 64.3 Å². The van der Waals surface area contributed by atoms with E-state index in [-0.39, 0.29) is 13.2 Å². The van der Waals surface area contributed by atoms with Gasteiger partial charge in [-0.15, -0.1) is 0 Å². The number of ether oxygens (including phenoxy) is 2. The summed E-state index contributed by atoms with van der Waals surface area (Å²) in [4.78, 5) is 23.8. The molecule has 38 heavy (non-hydrogen) atoms. The third-order valence-electron chi connectivity index (χ3n) is 6.07. The van der Waals surface area contributed by atoms with Crippen molar-refractivity contribution in [1.29, 1.82) is 0 Å². The zero-order valence-corrected chi connectivity index (χ0v) is 25.1. The SMILES string of the molecule is CCCCCCCCOC(=O)CC(C(=O)OCCCCCCCC)S(=O)(=O)O.CCCCn1cc[n+](C)c1. The lowest BCUT2D eigenvalue weighted by Crippen LogP contribution is -2.34. The Labute approximate surface area is 231 Å². The molecule has 0 spiro atoms. The van der Waals surface area contributed by atoms with Gasteiger partial charge in [0.05, 0.1) is 33.2 Å². The van der Waals surface area contributed by atoms with E-state index in [4.69, 9.17) is 9.47 Å². The Morgan fingerprint density at radius 2 is 1.32 bits per heavy atom. The minimum atomic E-state index is -4.73. The van der Waals surface area contributed by atoms with E-state index in [1.165, 1.54) is 19.3 Å². The minimum absolute atomic E-state index is 0.0732. The number of hydrogen-bond acceptors (Lipinski definition) is 6. The van der Waals surface area contributed by atoms with Crippen LogP contribution in [0.25, 0.3) is 0 Å². The number of carbonyl (C=O) groups is 2. The second-order valence-corrected chi connectivity index (χ2v) is 11.4. The third-order valence-corrected chi connectivity index (χ3v) is 7.15. The summed E-state index contributed by atoms with van der Waals surface area (Å²) in [6.07, 6.45) is 20.2. The molecule has 9 nitrogen and oxygen atoms in total. The summed E-state index contributed by atoms with van der Waals surface area (Å²) in [5, 5.41) is -1.93. The van der Waals surface area contributed by atoms with Gasteiger partial charge < -0.3 is 9.47 Å². The predicted molar refractivity (Wildman–Crippen MR) is 149 cm³/mol. The highest BCUT2D eigenvalue weighted by Crippen LogP contribution is 2.11. The van der Waals surface area contributed by atoms with Crippen LogP contribution in [-0.4, -0.2) is 47.9 Å². The van der Waals surface area contributed by atoms with Crippen LogP contribution in [0.5, 0.6) is 0 Å². The second-order valence-electron chi connectivity index (χ2n) is 9.80. The molecule has 0 fully saturated rings. The Kier molecular flexibility index (Phi) is 21.8. The van der Waals surface area contributed by atoms with Gasteiger partial charge in [-0.2, -0.15) is 8.42 Å². The summed E-state index contributed by atoms with van der Waals surface area (Å²) in [5.74, 6) is -1.93. The van der Waals surface area contributed by atoms with Crippen molar-refractivity contribution >= 4 is 22.1 Å². The number of carbonyl (C=O) groups excluding carboxylic acids is 2. The fraction of sp³-hybridized carbons (Fsp3) is 0.821. The van der Waals surface area contributed by atoms with Gasteiger partial charge in [-0.05, 0) is 19.3 Å². The molecule has 1 unspecified atom stereocenters. The van der Waals surface area contributed by atoms with Crippen molar-refractivity contribution in [2.75, 3.05) is 13.2 Å². The van der Waals surface area contributed by atoms with Crippen molar-refractivity contribution in [3.8, 4) is 0 Å². The molecule has 0 bridgehead atoms. The van der Waals surface area contributed by atoms with Gasteiger partial charge in [0.1, 0.15) is 12.4 Å². The lowest BCUT2D eigenvalue weighted by atomic mass is 10.1. The number of esters is 2. The van der Waals surface area contributed by atoms with Crippen LogP contribution in [0.15, 0.2) is 18.7 Å². The monoisotopic (exact) mass is 561 g/mol. The number of imidazole rings is 1. The van der Waals surface area contributed by atoms with Crippen molar-refractivity contribution in [2.24, 2.45) is 7.05 Å². The molecule has 0 amide bonds. The molecule has 1 aromatic rings. The summed E-state index contributed by atoms with van der Waals surface area (Å²) in [5.41, 5.74) is 0. The van der Waals surface area contributed by atoms with Crippen LogP contribution in [-0.2, 0) is 42.8 Å². The standard InChI is InChI=1S/C20H38O7S.C8H15N2/c1-3-5-7-9-11-13-15-26-19(21)17-18(28(23,24)25)20(22)27-16-14-12-10-8-6-4-2;1-3-4-5-10-7-6-9(2)8-10/h18H,3-17H2,1-2H3,(H,23,24,25);6-8H,3-5H2,1-2H3/q;+1. The Morgan fingerprint density at radius 3 is 1.79 bits per heavy atom. The van der Waals surface area contributed by atoms with Crippen LogP contribution in [0, 0.1) is 0 Å². The summed E-state index contributed by atoms with van der Waals surface area (Å²) < 4.78 is 46.3. The van der Waals surface area contributed by atoms with Crippen molar-refractivity contribution < 1.29 is 36.6 Å². The molecule has 10 heteroatoms. The zero-order chi connectivity index (χ0) is 28.7. The van der Waals surface area contributed by atoms with E-state index in [1.807, 2.05) is 7.05 Å². The van der Waals surface area contributed by atoms with E-state index in [0.29, 0.717) is 12.8 Å². The summed E-state index contributed by atoms with van der Waals surface area (Å²) in [6, 6.07) is 0. The topological polar surface area (TPSA) is 116 Å². The van der Waals surface area contributed by atoms with Crippen LogP contribution in [0.4, 0.5) is 0 Å². The van der Waals surface area contributed by atoms with Crippen molar-refractivity contribution in [3.05, 3.63) is 18.7 Å². The maximum absolute atomic E-state index is 12.0. The van der Waals surface area contributed by atoms with E-state index < -0.39 is 33.7 Å². The molecule has 0 aromatic carbocycles. The Balaban J connectivity index is 0.00000113. The summed E-state index contributed by atoms with van der Waals surface area (Å²) in [6.45, 7) is 7.86. The van der Waals surface area contributed by atoms with E-state index in [2.05, 4.69) is 48.6 Å². The summed E-state index contributed by atoms with van der Waals surface area (Å²) >= 11 is 0. The van der Waals surface area contributed by atoms with Gasteiger partial charge in [0.2, 0.25) is 6.33 Å². The first-order valence-electron chi connectivity index (χ1n) is 14.4. The van der Waals surface area contributed by atoms with Crippen LogP contribution < -0.4 is 4.57 Å². The number of aromatic nitrogens is 2. The molecule has 0 saturated heterocycles. The number of aryl methyl sites for hydroxylation is 2. The first kappa shape index (κ1) is 36.1. The summed E-state index contributed by atoms with van der Waals surface area (Å²) in [7, 11) is -2.69. The fourth-order valence-corrected chi connectivity index (χ4v) is 4.37. The van der Waals surface area contributed by atoms with Gasteiger partial charge in [0.25, 0.3) is 10.1 Å². The van der Waals surface area contributed by atoms with Crippen LogP contribution in [0.3, 0.4) is 0 Å². The predicted octanol–water partition coefficient (Wildman–Crippen LogP) is 5.55. The average Bonchev–Trinajstić information content (AvgIpc) is 3.29. The second kappa shape index (κ2) is 23.0. The average molecular weight is 562 g/mol. The van der Waals surface area contributed by atoms with E-state index in [9.17, 15) is 22.6 Å². The molecule has 1 atom stereocenters. The maximum Gasteiger partial charge on any atom is 0.327 e. The zero-order valence-electron chi connectivity index (χ0n) is 24.2. The van der Waals surface area contributed by atoms with Gasteiger partial charge in [0.15, 0.2) is 5.25 Å². The van der Waals surface area contributed by atoms with Gasteiger partial charge in [-0.3, -0.25) is 14.1 Å². The molecule has 1 aromatic heterocycles. The molecule has 1 heterocycles. The third kappa shape index (κ3) is 20.1. The number of unbranched alkanes of at least 4 members (excludes halogenated alkanes) is 11. The molecule has 0 radical (unpaired) electrons. The first-order chi connectivity index (χ1) is 18.1. The van der Waals surface area contributed by atoms with Gasteiger partial charge in [0, 0.05) is 0 Å². The maximum atomic E-state index is 12.0. The lowest BCUT2D eigenvalue weighted by Gasteiger charge is -2.13. The van der Waals surface area contributed by atoms with Crippen molar-refractivity contribution in [1.82, 2.24) is 4.57 Å². The highest BCUT2D eigenvalue weighted by atomic mass is 32.2. The molecular formula is C28H53N2O7S+. The molecule has 222 valence electrons. The smallest absolute Gasteiger partial charge is 0.327 e. The van der Waals surface area contributed by atoms with Gasteiger partial charge >= 0.3 is 11.9 Å². The number of nitrogens with zero attached hydrogens (tertiary/aromatic N) is 2. The van der Waals surface area contributed by atoms with E-state index >= 15 is 0 Å². The molecule has 0 aliphatic rings. The molecule has 0 aliphatic heterocycles. The molecule has 1 rings (SSSR count). The molecule has 0 saturated carbocycles. The van der Waals surface area contributed by atoms with Crippen LogP contribution in [0.1, 0.15) is 117 Å². The normalized spacial score (nSPS) is 11.9. The lowest BCUT2D eigenvalue weighted by molar-refractivity contribution is -0.671. The van der Waals surface area contributed by atoms with Crippen molar-refractivity contribution in [2.45, 2.75) is 129 Å². The highest BCUT2D eigenvalue weighted by molar-refractivity contribution is 7.87. The largest absolute Gasteiger partial charge is 0.466 e. The first-order valence-corrected chi connectivity index (χ1v) is 16.0. The Hall–Kier alpha value is -1.94. The van der Waals surface area contributed by atoms with Crippen LogP contribution in [0.2, 0.25) is 0 Å². The van der Waals surface area contributed by atoms with Gasteiger partial charge in [-0.25, -0.2) is 9.13 Å². The van der Waals surface area contributed by atoms with Crippen molar-refractivity contribution in [3.63, 3.8) is 0 Å². The van der Waals surface area contributed by atoms with Gasteiger partial charge in [-0.1, -0.05) is 91.4 Å². The number of rotatable bonds is 21. The molecule has 1 N–H and O–H groups in total. The number of hydrogen-bond donors (Lipinski definition) is 1. The fourth-order valence-electron chi connectivity index (χ4n) is 3.71. The quantitative estimate of drug-likeness (QED) is 0.0905.